The van der Waals surface area contributed by atoms with E-state index < -0.39 is 0 Å². The predicted octanol–water partition coefficient (Wildman–Crippen LogP) is 2.36. The molecule has 106 valence electrons. The van der Waals surface area contributed by atoms with Crippen LogP contribution in [-0.4, -0.2) is 37.0 Å². The molecule has 1 aliphatic carbocycles. The summed E-state index contributed by atoms with van der Waals surface area (Å²) in [5.74, 6) is 0.683. The Morgan fingerprint density at radius 3 is 2.79 bits per heavy atom. The summed E-state index contributed by atoms with van der Waals surface area (Å²) < 4.78 is 0. The Morgan fingerprint density at radius 2 is 2.21 bits per heavy atom. The second-order valence-corrected chi connectivity index (χ2v) is 6.42. The molecule has 1 fully saturated rings. The zero-order valence-corrected chi connectivity index (χ0v) is 12.6. The van der Waals surface area contributed by atoms with E-state index in [-0.39, 0.29) is 17.4 Å². The average Bonchev–Trinajstić information content (AvgIpc) is 2.60. The minimum Gasteiger partial charge on any atom is -0.337 e. The molecule has 0 aromatic carbocycles. The number of hydrogen-bond acceptors (Lipinski definition) is 2. The molecular weight excluding hydrogens is 236 g/mol. The lowest BCUT2D eigenvalue weighted by molar-refractivity contribution is -0.133. The molecule has 3 heteroatoms. The van der Waals surface area contributed by atoms with Crippen LogP contribution in [0, 0.1) is 11.3 Å². The van der Waals surface area contributed by atoms with Crippen LogP contribution in [0.2, 0.25) is 0 Å². The first-order valence-corrected chi connectivity index (χ1v) is 7.30. The van der Waals surface area contributed by atoms with Gasteiger partial charge in [-0.2, -0.15) is 0 Å². The molecule has 0 spiro atoms. The van der Waals surface area contributed by atoms with E-state index in [1.54, 1.807) is 0 Å². The Balaban J connectivity index is 2.10. The van der Waals surface area contributed by atoms with E-state index in [9.17, 15) is 4.79 Å². The topological polar surface area (TPSA) is 32.3 Å². The van der Waals surface area contributed by atoms with Gasteiger partial charge in [0.2, 0.25) is 5.91 Å². The summed E-state index contributed by atoms with van der Waals surface area (Å²) in [6, 6.07) is -0.0272. The lowest BCUT2D eigenvalue weighted by Gasteiger charge is -2.30. The van der Waals surface area contributed by atoms with Gasteiger partial charge in [0.15, 0.2) is 0 Å². The van der Waals surface area contributed by atoms with Crippen molar-refractivity contribution in [2.75, 3.05) is 20.1 Å². The highest BCUT2D eigenvalue weighted by atomic mass is 16.2. The number of likely N-dealkylation sites (N-methyl/N-ethyl adjacent to an activating group) is 1. The number of amides is 1. The first kappa shape index (κ1) is 14.3. The highest BCUT2D eigenvalue weighted by Crippen LogP contribution is 2.33. The quantitative estimate of drug-likeness (QED) is 0.847. The third-order valence-corrected chi connectivity index (χ3v) is 4.54. The van der Waals surface area contributed by atoms with Crippen molar-refractivity contribution in [3.8, 4) is 0 Å². The van der Waals surface area contributed by atoms with Crippen molar-refractivity contribution in [1.29, 1.82) is 0 Å². The predicted molar refractivity (Wildman–Crippen MR) is 78.8 cm³/mol. The van der Waals surface area contributed by atoms with Gasteiger partial charge in [0.05, 0.1) is 6.04 Å². The summed E-state index contributed by atoms with van der Waals surface area (Å²) in [7, 11) is 1.89. The molecule has 0 bridgehead atoms. The van der Waals surface area contributed by atoms with Crippen molar-refractivity contribution in [2.24, 2.45) is 11.3 Å². The number of carbonyl (C=O) groups excluding carboxylic acids is 1. The van der Waals surface area contributed by atoms with Crippen LogP contribution in [0.25, 0.3) is 0 Å². The van der Waals surface area contributed by atoms with Gasteiger partial charge in [-0.3, -0.25) is 4.79 Å². The van der Waals surface area contributed by atoms with Crippen molar-refractivity contribution in [2.45, 2.75) is 39.7 Å². The molecule has 0 radical (unpaired) electrons. The number of likely N-dealkylation sites (tertiary alicyclic amines) is 1. The van der Waals surface area contributed by atoms with Crippen molar-refractivity contribution in [1.82, 2.24) is 10.2 Å². The lowest BCUT2D eigenvalue weighted by atomic mass is 9.87. The Hall–Kier alpha value is -1.09. The van der Waals surface area contributed by atoms with E-state index in [0.29, 0.717) is 5.92 Å². The van der Waals surface area contributed by atoms with Gasteiger partial charge in [-0.1, -0.05) is 39.0 Å². The molecule has 2 atom stereocenters. The molecule has 1 N–H and O–H groups in total. The Morgan fingerprint density at radius 1 is 1.47 bits per heavy atom. The number of nitrogens with one attached hydrogen (secondary N) is 1. The molecule has 3 nitrogen and oxygen atoms in total. The van der Waals surface area contributed by atoms with E-state index in [4.69, 9.17) is 0 Å². The van der Waals surface area contributed by atoms with Crippen LogP contribution in [0.4, 0.5) is 0 Å². The van der Waals surface area contributed by atoms with Crippen LogP contribution in [0.3, 0.4) is 0 Å². The summed E-state index contributed by atoms with van der Waals surface area (Å²) in [5.41, 5.74) is 1.43. The van der Waals surface area contributed by atoms with Crippen LogP contribution in [0.15, 0.2) is 23.8 Å². The van der Waals surface area contributed by atoms with Gasteiger partial charge in [-0.15, -0.1) is 0 Å². The molecule has 0 saturated carbocycles. The Labute approximate surface area is 116 Å². The van der Waals surface area contributed by atoms with Gasteiger partial charge in [0.25, 0.3) is 0 Å². The normalized spacial score (nSPS) is 30.4. The van der Waals surface area contributed by atoms with Gasteiger partial charge in [0.1, 0.15) is 0 Å². The number of nitrogens with zero attached hydrogens (tertiary/aromatic N) is 1. The van der Waals surface area contributed by atoms with Gasteiger partial charge in [-0.25, -0.2) is 0 Å². The largest absolute Gasteiger partial charge is 0.337 e. The highest BCUT2D eigenvalue weighted by molar-refractivity contribution is 5.82. The maximum absolute atomic E-state index is 12.6. The summed E-state index contributed by atoms with van der Waals surface area (Å²) >= 11 is 0. The van der Waals surface area contributed by atoms with E-state index in [1.165, 1.54) is 5.57 Å². The number of hydrogen-bond donors (Lipinski definition) is 1. The second-order valence-electron chi connectivity index (χ2n) is 6.42. The fraction of sp³-hybridized carbons (Fsp3) is 0.688. The van der Waals surface area contributed by atoms with E-state index in [2.05, 4.69) is 44.3 Å². The minimum atomic E-state index is -0.0272. The average molecular weight is 262 g/mol. The Kier molecular flexibility index (Phi) is 4.14. The second kappa shape index (κ2) is 5.49. The minimum absolute atomic E-state index is 0.0272. The van der Waals surface area contributed by atoms with Crippen molar-refractivity contribution < 1.29 is 4.79 Å². The van der Waals surface area contributed by atoms with Crippen LogP contribution in [0.5, 0.6) is 0 Å². The van der Waals surface area contributed by atoms with Crippen LogP contribution < -0.4 is 5.32 Å². The van der Waals surface area contributed by atoms with Gasteiger partial charge >= 0.3 is 0 Å². The lowest BCUT2D eigenvalue weighted by Crippen LogP contribution is -2.47. The monoisotopic (exact) mass is 262 g/mol. The molecule has 2 unspecified atom stereocenters. The molecule has 2 rings (SSSR count). The standard InChI is InChI=1S/C16H26N2O/c1-12-7-6-10-18(15(19)14(12)17-4)11-13-8-5-9-16(13,2)3/h5,8-9,12,14,17H,6-7,10-11H2,1-4H3. The first-order chi connectivity index (χ1) is 8.95. The number of allylic oxidation sites excluding steroid dienone is 3. The summed E-state index contributed by atoms with van der Waals surface area (Å²) in [4.78, 5) is 14.6. The van der Waals surface area contributed by atoms with Gasteiger partial charge < -0.3 is 10.2 Å². The zero-order chi connectivity index (χ0) is 14.0. The molecule has 1 aliphatic heterocycles. The van der Waals surface area contributed by atoms with E-state index in [0.717, 1.165) is 25.9 Å². The first-order valence-electron chi connectivity index (χ1n) is 7.30. The SMILES string of the molecule is CNC1C(=O)N(CC2=CC=CC2(C)C)CCCC1C. The molecule has 19 heavy (non-hydrogen) atoms. The molecule has 2 aliphatic rings. The zero-order valence-electron chi connectivity index (χ0n) is 12.6. The third kappa shape index (κ3) is 2.92. The molecule has 0 aromatic rings. The van der Waals surface area contributed by atoms with Gasteiger partial charge in [-0.05, 0) is 31.4 Å². The van der Waals surface area contributed by atoms with Crippen molar-refractivity contribution in [3.05, 3.63) is 23.8 Å². The van der Waals surface area contributed by atoms with Gasteiger partial charge in [0, 0.05) is 18.5 Å². The summed E-state index contributed by atoms with van der Waals surface area (Å²) in [6.45, 7) is 8.24. The van der Waals surface area contributed by atoms with Crippen LogP contribution in [0.1, 0.15) is 33.6 Å². The van der Waals surface area contributed by atoms with Crippen LogP contribution in [-0.2, 0) is 4.79 Å². The fourth-order valence-corrected chi connectivity index (χ4v) is 3.07. The fourth-order valence-electron chi connectivity index (χ4n) is 3.07. The maximum atomic E-state index is 12.6. The van der Waals surface area contributed by atoms with Crippen molar-refractivity contribution in [3.63, 3.8) is 0 Å². The molecular formula is C16H26N2O. The summed E-state index contributed by atoms with van der Waals surface area (Å²) in [5, 5.41) is 3.19. The number of carbonyl (C=O) groups is 1. The highest BCUT2D eigenvalue weighted by Gasteiger charge is 2.33. The maximum Gasteiger partial charge on any atom is 0.240 e. The molecule has 0 aromatic heterocycles. The van der Waals surface area contributed by atoms with Crippen LogP contribution >= 0.6 is 0 Å². The third-order valence-electron chi connectivity index (χ3n) is 4.54. The summed E-state index contributed by atoms with van der Waals surface area (Å²) in [6.07, 6.45) is 8.70. The molecule has 1 saturated heterocycles. The smallest absolute Gasteiger partial charge is 0.240 e. The Bertz CT molecular complexity index is 409. The molecule has 1 amide bonds. The number of rotatable bonds is 3. The van der Waals surface area contributed by atoms with E-state index >= 15 is 0 Å². The van der Waals surface area contributed by atoms with Crippen molar-refractivity contribution >= 4 is 5.91 Å². The molecule has 1 heterocycles. The van der Waals surface area contributed by atoms with E-state index in [1.807, 2.05) is 11.9 Å².